The summed E-state index contributed by atoms with van der Waals surface area (Å²) < 4.78 is 54.0. The van der Waals surface area contributed by atoms with Crippen molar-refractivity contribution in [2.75, 3.05) is 6.61 Å². The largest absolute Gasteiger partial charge is 2.00 e. The van der Waals surface area contributed by atoms with Crippen molar-refractivity contribution in [1.29, 1.82) is 0 Å². The van der Waals surface area contributed by atoms with Crippen molar-refractivity contribution >= 4 is 22.0 Å². The van der Waals surface area contributed by atoms with Gasteiger partial charge in [-0.3, -0.25) is 8.42 Å². The Balaban J connectivity index is 0.000000583. The van der Waals surface area contributed by atoms with Gasteiger partial charge in [-0.25, -0.2) is 9.67 Å². The third-order valence-corrected chi connectivity index (χ3v) is 4.75. The Morgan fingerprint density at radius 1 is 1.15 bits per heavy atom. The zero-order valence-electron chi connectivity index (χ0n) is 17.3. The standard InChI is InChI=1S/C20H20ClN3O3.Cu.H2O4S/c1-2-17-11-25-20(27-17,12-24-14-22-13-23-24)15-3-7-18(8-4-15)26-19-9-5-16(21)6-10-19;;1-5(2,3)4/h3-10,13-14,17H,2,11-12H2,1H3;;(H2,1,2,3,4)/q;+2;/p-2. The molecule has 181 valence electrons. The first kappa shape index (κ1) is 27.2. The van der Waals surface area contributed by atoms with Crippen molar-refractivity contribution in [2.24, 2.45) is 0 Å². The molecule has 1 fully saturated rings. The van der Waals surface area contributed by atoms with Crippen LogP contribution in [-0.4, -0.2) is 45.0 Å². The van der Waals surface area contributed by atoms with E-state index in [0.29, 0.717) is 18.2 Å². The molecule has 1 saturated heterocycles. The van der Waals surface area contributed by atoms with Crippen LogP contribution in [0.15, 0.2) is 61.2 Å². The summed E-state index contributed by atoms with van der Waals surface area (Å²) in [5, 5.41) is 4.87. The summed E-state index contributed by atoms with van der Waals surface area (Å²) >= 11 is 5.91. The molecule has 0 bridgehead atoms. The van der Waals surface area contributed by atoms with Gasteiger partial charge < -0.3 is 23.3 Å². The Labute approximate surface area is 206 Å². The third kappa shape index (κ3) is 8.36. The van der Waals surface area contributed by atoms with Crippen molar-refractivity contribution in [1.82, 2.24) is 14.8 Å². The van der Waals surface area contributed by atoms with E-state index in [2.05, 4.69) is 17.0 Å². The van der Waals surface area contributed by atoms with Gasteiger partial charge >= 0.3 is 17.1 Å². The molecule has 33 heavy (non-hydrogen) atoms. The normalized spacial score (nSPS) is 19.8. The molecule has 0 spiro atoms. The summed E-state index contributed by atoms with van der Waals surface area (Å²) in [7, 11) is -5.17. The van der Waals surface area contributed by atoms with Crippen LogP contribution < -0.4 is 4.74 Å². The Morgan fingerprint density at radius 3 is 2.21 bits per heavy atom. The van der Waals surface area contributed by atoms with Crippen LogP contribution in [0.5, 0.6) is 11.5 Å². The molecule has 3 aromatic rings. The van der Waals surface area contributed by atoms with Crippen LogP contribution in [0.25, 0.3) is 0 Å². The molecule has 2 atom stereocenters. The molecule has 2 aromatic carbocycles. The molecule has 10 nitrogen and oxygen atoms in total. The van der Waals surface area contributed by atoms with Gasteiger partial charge in [0.05, 0.1) is 12.7 Å². The summed E-state index contributed by atoms with van der Waals surface area (Å²) in [4.78, 5) is 4.01. The van der Waals surface area contributed by atoms with Gasteiger partial charge in [-0.15, -0.1) is 0 Å². The fourth-order valence-corrected chi connectivity index (χ4v) is 3.16. The second-order valence-corrected chi connectivity index (χ2v) is 8.05. The Bertz CT molecular complexity index is 1090. The topological polar surface area (TPSA) is 139 Å². The smallest absolute Gasteiger partial charge is 0.759 e. The number of nitrogens with zero attached hydrogens (tertiary/aromatic N) is 3. The Morgan fingerprint density at radius 2 is 1.73 bits per heavy atom. The zero-order chi connectivity index (χ0) is 23.2. The molecule has 0 aliphatic carbocycles. The molecule has 0 N–H and O–H groups in total. The van der Waals surface area contributed by atoms with E-state index in [4.69, 9.17) is 43.3 Å². The molecule has 2 unspecified atom stereocenters. The monoisotopic (exact) mass is 544 g/mol. The summed E-state index contributed by atoms with van der Waals surface area (Å²) in [6, 6.07) is 15.0. The van der Waals surface area contributed by atoms with E-state index in [1.165, 1.54) is 6.33 Å². The van der Waals surface area contributed by atoms with E-state index in [9.17, 15) is 0 Å². The minimum atomic E-state index is -5.17. The van der Waals surface area contributed by atoms with Gasteiger partial charge in [-0.1, -0.05) is 18.5 Å². The van der Waals surface area contributed by atoms with Gasteiger partial charge in [0.15, 0.2) is 0 Å². The average molecular weight is 545 g/mol. The molecule has 1 aromatic heterocycles. The number of halogens is 1. The van der Waals surface area contributed by atoms with Crippen LogP contribution in [-0.2, 0) is 49.3 Å². The van der Waals surface area contributed by atoms with Gasteiger partial charge in [0.25, 0.3) is 0 Å². The van der Waals surface area contributed by atoms with Crippen LogP contribution in [0.1, 0.15) is 18.9 Å². The van der Waals surface area contributed by atoms with Gasteiger partial charge in [-0.2, -0.15) is 5.10 Å². The van der Waals surface area contributed by atoms with Crippen molar-refractivity contribution in [2.45, 2.75) is 31.8 Å². The molecule has 2 heterocycles. The van der Waals surface area contributed by atoms with Crippen molar-refractivity contribution in [3.63, 3.8) is 0 Å². The summed E-state index contributed by atoms with van der Waals surface area (Å²) in [6.45, 7) is 3.07. The minimum Gasteiger partial charge on any atom is -0.759 e. The van der Waals surface area contributed by atoms with Gasteiger partial charge in [-0.05, 0) is 55.0 Å². The maximum Gasteiger partial charge on any atom is 2.00 e. The van der Waals surface area contributed by atoms with E-state index in [-0.39, 0.29) is 23.2 Å². The van der Waals surface area contributed by atoms with E-state index < -0.39 is 16.2 Å². The van der Waals surface area contributed by atoms with E-state index in [1.807, 2.05) is 36.4 Å². The van der Waals surface area contributed by atoms with Crippen LogP contribution in [0.4, 0.5) is 0 Å². The molecule has 1 aliphatic rings. The second kappa shape index (κ2) is 11.9. The second-order valence-electron chi connectivity index (χ2n) is 6.79. The molecule has 0 amide bonds. The minimum absolute atomic E-state index is 0. The number of rotatable bonds is 6. The summed E-state index contributed by atoms with van der Waals surface area (Å²) in [5.41, 5.74) is 0.914. The fourth-order valence-electron chi connectivity index (χ4n) is 3.03. The molecular weight excluding hydrogens is 525 g/mol. The first-order valence-corrected chi connectivity index (χ1v) is 11.2. The van der Waals surface area contributed by atoms with Crippen molar-refractivity contribution < 1.29 is 48.8 Å². The SMILES string of the molecule is CCC1COC(Cn2cncn2)(c2ccc(Oc3ccc(Cl)cc3)cc2)O1.O=S(=O)([O-])[O-].[Cu+2]. The van der Waals surface area contributed by atoms with E-state index >= 15 is 0 Å². The predicted octanol–water partition coefficient (Wildman–Crippen LogP) is 3.06. The first-order chi connectivity index (χ1) is 15.2. The fraction of sp³-hybridized carbons (Fsp3) is 0.300. The maximum atomic E-state index is 8.52. The van der Waals surface area contributed by atoms with E-state index in [1.54, 1.807) is 23.1 Å². The average Bonchev–Trinajstić information content (AvgIpc) is 3.40. The van der Waals surface area contributed by atoms with E-state index in [0.717, 1.165) is 23.5 Å². The molecule has 0 saturated carbocycles. The van der Waals surface area contributed by atoms with Crippen molar-refractivity contribution in [3.8, 4) is 11.5 Å². The maximum absolute atomic E-state index is 8.52. The summed E-state index contributed by atoms with van der Waals surface area (Å²) in [6.07, 6.45) is 4.10. The molecule has 4 rings (SSSR count). The number of hydrogen-bond acceptors (Lipinski definition) is 9. The Kier molecular flexibility index (Phi) is 9.83. The molecule has 13 heteroatoms. The van der Waals surface area contributed by atoms with Gasteiger partial charge in [0.2, 0.25) is 5.79 Å². The first-order valence-electron chi connectivity index (χ1n) is 9.52. The predicted molar refractivity (Wildman–Crippen MR) is 111 cm³/mol. The third-order valence-electron chi connectivity index (χ3n) is 4.49. The van der Waals surface area contributed by atoms with Gasteiger partial charge in [0.1, 0.15) is 30.7 Å². The zero-order valence-corrected chi connectivity index (χ0v) is 19.8. The number of ether oxygens (including phenoxy) is 3. The van der Waals surface area contributed by atoms with Crippen molar-refractivity contribution in [3.05, 3.63) is 71.8 Å². The molecule has 1 aliphatic heterocycles. The van der Waals surface area contributed by atoms with Crippen LogP contribution in [0, 0.1) is 0 Å². The van der Waals surface area contributed by atoms with Gasteiger partial charge in [0, 0.05) is 21.0 Å². The summed E-state index contributed by atoms with van der Waals surface area (Å²) in [5.74, 6) is 0.568. The number of benzene rings is 2. The van der Waals surface area contributed by atoms with Crippen LogP contribution >= 0.6 is 11.6 Å². The van der Waals surface area contributed by atoms with Crippen LogP contribution in [0.3, 0.4) is 0 Å². The van der Waals surface area contributed by atoms with Crippen LogP contribution in [0.2, 0.25) is 5.02 Å². The number of aromatic nitrogens is 3. The Hall–Kier alpha value is -2.02. The number of hydrogen-bond donors (Lipinski definition) is 0. The quantitative estimate of drug-likeness (QED) is 0.260. The molecule has 1 radical (unpaired) electrons. The molecular formula is C20H20ClCuN3O7S.